The van der Waals surface area contributed by atoms with E-state index < -0.39 is 6.09 Å². The molecule has 1 aromatic carbocycles. The minimum Gasteiger partial charge on any atom is -0.453 e. The number of ether oxygens (including phenoxy) is 1. The number of carbonyl (C=O) groups is 3. The summed E-state index contributed by atoms with van der Waals surface area (Å²) in [5.74, 6) is 0.437. The van der Waals surface area contributed by atoms with Crippen LogP contribution < -0.4 is 15.5 Å². The van der Waals surface area contributed by atoms with Crippen molar-refractivity contribution in [1.82, 2.24) is 15.1 Å². The predicted molar refractivity (Wildman–Crippen MR) is 136 cm³/mol. The highest BCUT2D eigenvalue weighted by Gasteiger charge is 2.28. The molecular formula is C26H39N5O4. The summed E-state index contributed by atoms with van der Waals surface area (Å²) in [7, 11) is 1.33. The van der Waals surface area contributed by atoms with Crippen molar-refractivity contribution in [3.05, 3.63) is 23.8 Å². The van der Waals surface area contributed by atoms with Crippen LogP contribution in [-0.4, -0.2) is 87.2 Å². The zero-order valence-corrected chi connectivity index (χ0v) is 20.9. The molecule has 2 heterocycles. The van der Waals surface area contributed by atoms with E-state index in [2.05, 4.69) is 15.5 Å². The van der Waals surface area contributed by atoms with Crippen LogP contribution in [0.5, 0.6) is 0 Å². The molecule has 35 heavy (non-hydrogen) atoms. The molecule has 0 spiro atoms. The molecule has 0 bridgehead atoms. The zero-order valence-electron chi connectivity index (χ0n) is 20.9. The van der Waals surface area contributed by atoms with Crippen molar-refractivity contribution >= 4 is 29.3 Å². The lowest BCUT2D eigenvalue weighted by atomic mass is 9.88. The van der Waals surface area contributed by atoms with Crippen molar-refractivity contribution in [3.8, 4) is 0 Å². The van der Waals surface area contributed by atoms with Crippen LogP contribution in [0.1, 0.15) is 55.3 Å². The summed E-state index contributed by atoms with van der Waals surface area (Å²) >= 11 is 0. The maximum atomic E-state index is 13.2. The van der Waals surface area contributed by atoms with Gasteiger partial charge in [0.1, 0.15) is 0 Å². The van der Waals surface area contributed by atoms with Crippen LogP contribution in [0.25, 0.3) is 0 Å². The molecule has 0 aromatic heterocycles. The highest BCUT2D eigenvalue weighted by Crippen LogP contribution is 2.30. The van der Waals surface area contributed by atoms with Gasteiger partial charge in [-0.25, -0.2) is 4.79 Å². The van der Waals surface area contributed by atoms with Crippen molar-refractivity contribution < 1.29 is 19.1 Å². The minimum atomic E-state index is -0.571. The third-order valence-electron chi connectivity index (χ3n) is 7.40. The SMILES string of the molecule is COC(=O)Nc1cc(C(=O)N2CCCNCC2)ccc1N1CCCN(C(=O)C2CCCCC2)CC1. The summed E-state index contributed by atoms with van der Waals surface area (Å²) in [5.41, 5.74) is 1.95. The number of benzene rings is 1. The summed E-state index contributed by atoms with van der Waals surface area (Å²) < 4.78 is 4.84. The summed E-state index contributed by atoms with van der Waals surface area (Å²) in [6.45, 7) is 5.93. The average Bonchev–Trinajstić information content (AvgIpc) is 3.32. The molecule has 192 valence electrons. The Morgan fingerprint density at radius 1 is 0.886 bits per heavy atom. The Labute approximate surface area is 208 Å². The Balaban J connectivity index is 1.49. The fourth-order valence-electron chi connectivity index (χ4n) is 5.42. The van der Waals surface area contributed by atoms with Gasteiger partial charge in [0, 0.05) is 57.3 Å². The van der Waals surface area contributed by atoms with Gasteiger partial charge in [0.2, 0.25) is 5.91 Å². The largest absolute Gasteiger partial charge is 0.453 e. The molecule has 2 aliphatic heterocycles. The molecule has 4 rings (SSSR count). The zero-order chi connectivity index (χ0) is 24.6. The van der Waals surface area contributed by atoms with Crippen LogP contribution >= 0.6 is 0 Å². The second kappa shape index (κ2) is 12.2. The highest BCUT2D eigenvalue weighted by molar-refractivity contribution is 5.98. The second-order valence-corrected chi connectivity index (χ2v) is 9.75. The molecule has 0 radical (unpaired) electrons. The predicted octanol–water partition coefficient (Wildman–Crippen LogP) is 2.92. The molecule has 0 atom stereocenters. The molecule has 0 unspecified atom stereocenters. The lowest BCUT2D eigenvalue weighted by molar-refractivity contribution is -0.136. The topological polar surface area (TPSA) is 94.2 Å². The summed E-state index contributed by atoms with van der Waals surface area (Å²) in [6.07, 6.45) is 6.76. The molecule has 2 saturated heterocycles. The highest BCUT2D eigenvalue weighted by atomic mass is 16.5. The smallest absolute Gasteiger partial charge is 0.411 e. The maximum Gasteiger partial charge on any atom is 0.411 e. The van der Waals surface area contributed by atoms with Gasteiger partial charge in [-0.3, -0.25) is 14.9 Å². The van der Waals surface area contributed by atoms with Crippen LogP contribution in [0.3, 0.4) is 0 Å². The van der Waals surface area contributed by atoms with Crippen molar-refractivity contribution in [2.45, 2.75) is 44.9 Å². The third kappa shape index (κ3) is 6.45. The van der Waals surface area contributed by atoms with E-state index in [1.54, 1.807) is 6.07 Å². The summed E-state index contributed by atoms with van der Waals surface area (Å²) in [5, 5.41) is 6.12. The number of amides is 3. The molecule has 3 aliphatic rings. The van der Waals surface area contributed by atoms with E-state index in [4.69, 9.17) is 4.74 Å². The van der Waals surface area contributed by atoms with Gasteiger partial charge in [-0.15, -0.1) is 0 Å². The Bertz CT molecular complexity index is 894. The number of anilines is 2. The quantitative estimate of drug-likeness (QED) is 0.681. The van der Waals surface area contributed by atoms with Gasteiger partial charge < -0.3 is 24.8 Å². The average molecular weight is 486 g/mol. The number of carbonyl (C=O) groups excluding carboxylic acids is 3. The summed E-state index contributed by atoms with van der Waals surface area (Å²) in [4.78, 5) is 44.4. The number of nitrogens with zero attached hydrogens (tertiary/aromatic N) is 3. The van der Waals surface area contributed by atoms with Gasteiger partial charge >= 0.3 is 6.09 Å². The Hall–Kier alpha value is -2.81. The van der Waals surface area contributed by atoms with Gasteiger partial charge in [0.25, 0.3) is 5.91 Å². The van der Waals surface area contributed by atoms with Crippen LogP contribution in [0.15, 0.2) is 18.2 Å². The van der Waals surface area contributed by atoms with Gasteiger partial charge in [0.05, 0.1) is 18.5 Å². The van der Waals surface area contributed by atoms with Crippen LogP contribution in [-0.2, 0) is 9.53 Å². The van der Waals surface area contributed by atoms with Crippen LogP contribution in [0.4, 0.5) is 16.2 Å². The number of methoxy groups -OCH3 is 1. The van der Waals surface area contributed by atoms with Gasteiger partial charge in [-0.2, -0.15) is 0 Å². The second-order valence-electron chi connectivity index (χ2n) is 9.75. The van der Waals surface area contributed by atoms with E-state index >= 15 is 0 Å². The molecule has 9 heteroatoms. The third-order valence-corrected chi connectivity index (χ3v) is 7.40. The first kappa shape index (κ1) is 25.3. The molecule has 9 nitrogen and oxygen atoms in total. The minimum absolute atomic E-state index is 0.0340. The molecule has 1 aromatic rings. The van der Waals surface area contributed by atoms with E-state index in [0.717, 1.165) is 70.4 Å². The normalized spacial score (nSPS) is 20.1. The van der Waals surface area contributed by atoms with E-state index in [1.807, 2.05) is 21.9 Å². The number of hydrogen-bond acceptors (Lipinski definition) is 6. The summed E-state index contributed by atoms with van der Waals surface area (Å²) in [6, 6.07) is 5.50. The number of nitrogens with one attached hydrogen (secondary N) is 2. The molecule has 3 amide bonds. The van der Waals surface area contributed by atoms with Crippen molar-refractivity contribution in [2.24, 2.45) is 5.92 Å². The monoisotopic (exact) mass is 485 g/mol. The van der Waals surface area contributed by atoms with Gasteiger partial charge in [-0.05, 0) is 50.4 Å². The maximum absolute atomic E-state index is 13.2. The standard InChI is InChI=1S/C26H39N5O4/c1-35-26(34)28-22-19-21(25(33)30-13-5-11-27-12-16-30)9-10-23(22)29-14-6-15-31(18-17-29)24(32)20-7-3-2-4-8-20/h9-10,19-20,27H,2-8,11-18H2,1H3,(H,28,34). The first-order valence-electron chi connectivity index (χ1n) is 13.1. The van der Waals surface area contributed by atoms with Crippen LogP contribution in [0, 0.1) is 5.92 Å². The lowest BCUT2D eigenvalue weighted by Crippen LogP contribution is -2.39. The van der Waals surface area contributed by atoms with E-state index in [1.165, 1.54) is 13.5 Å². The fourth-order valence-corrected chi connectivity index (χ4v) is 5.42. The lowest BCUT2D eigenvalue weighted by Gasteiger charge is -2.29. The van der Waals surface area contributed by atoms with Crippen molar-refractivity contribution in [3.63, 3.8) is 0 Å². The van der Waals surface area contributed by atoms with E-state index in [-0.39, 0.29) is 11.8 Å². The fraction of sp³-hybridized carbons (Fsp3) is 0.654. The van der Waals surface area contributed by atoms with Gasteiger partial charge in [-0.1, -0.05) is 19.3 Å². The molecule has 3 fully saturated rings. The number of hydrogen-bond donors (Lipinski definition) is 2. The first-order chi connectivity index (χ1) is 17.1. The van der Waals surface area contributed by atoms with Crippen LogP contribution in [0.2, 0.25) is 0 Å². The molecule has 2 N–H and O–H groups in total. The van der Waals surface area contributed by atoms with Gasteiger partial charge in [0.15, 0.2) is 0 Å². The Morgan fingerprint density at radius 2 is 1.69 bits per heavy atom. The number of rotatable bonds is 4. The molecule has 1 saturated carbocycles. The first-order valence-corrected chi connectivity index (χ1v) is 13.1. The molecule has 1 aliphatic carbocycles. The molecular weight excluding hydrogens is 446 g/mol. The van der Waals surface area contributed by atoms with E-state index in [0.29, 0.717) is 43.3 Å². The van der Waals surface area contributed by atoms with E-state index in [9.17, 15) is 14.4 Å². The Morgan fingerprint density at radius 3 is 2.49 bits per heavy atom. The van der Waals surface area contributed by atoms with Crippen molar-refractivity contribution in [1.29, 1.82) is 0 Å². The van der Waals surface area contributed by atoms with Crippen molar-refractivity contribution in [2.75, 3.05) is 69.7 Å². The Kier molecular flexibility index (Phi) is 8.84.